The zero-order valence-corrected chi connectivity index (χ0v) is 12.4. The molecule has 2 aromatic carbocycles. The molecule has 0 amide bonds. The first-order chi connectivity index (χ1) is 10.5. The second-order valence-corrected chi connectivity index (χ2v) is 4.86. The highest BCUT2D eigenvalue weighted by Gasteiger charge is 2.08. The number of nitrogens with zero attached hydrogens (tertiary/aromatic N) is 1. The van der Waals surface area contributed by atoms with Crippen molar-refractivity contribution in [3.63, 3.8) is 0 Å². The Labute approximate surface area is 127 Å². The Morgan fingerprint density at radius 3 is 2.36 bits per heavy atom. The Balaban J connectivity index is 2.16. The topological polar surface area (TPSA) is 45.4 Å². The molecule has 0 aromatic heterocycles. The number of rotatable bonds is 3. The van der Waals surface area contributed by atoms with Gasteiger partial charge in [-0.3, -0.25) is 5.41 Å². The maximum absolute atomic E-state index is 13.2. The van der Waals surface area contributed by atoms with E-state index in [9.17, 15) is 8.78 Å². The molecule has 0 aliphatic carbocycles. The van der Waals surface area contributed by atoms with Crippen LogP contribution in [0.25, 0.3) is 0 Å². The molecule has 0 saturated heterocycles. The summed E-state index contributed by atoms with van der Waals surface area (Å²) in [7, 11) is 1.48. The van der Waals surface area contributed by atoms with Crippen LogP contribution in [0.1, 0.15) is 16.7 Å². The summed E-state index contributed by atoms with van der Waals surface area (Å²) in [5, 5.41) is 7.89. The fourth-order valence-corrected chi connectivity index (χ4v) is 1.93. The highest BCUT2D eigenvalue weighted by Crippen LogP contribution is 2.11. The van der Waals surface area contributed by atoms with Gasteiger partial charge in [-0.1, -0.05) is 23.8 Å². The number of halogens is 2. The molecule has 114 valence electrons. The van der Waals surface area contributed by atoms with E-state index in [4.69, 9.17) is 10.1 Å². The second kappa shape index (κ2) is 6.93. The Kier molecular flexibility index (Phi) is 4.99. The quantitative estimate of drug-likeness (QED) is 0.678. The molecule has 0 saturated carbocycles. The summed E-state index contributed by atoms with van der Waals surface area (Å²) in [6.45, 7) is 1.97. The Morgan fingerprint density at radius 1 is 1.09 bits per heavy atom. The second-order valence-electron chi connectivity index (χ2n) is 4.86. The molecule has 0 spiro atoms. The van der Waals surface area contributed by atoms with Gasteiger partial charge in [0.05, 0.1) is 7.11 Å². The highest BCUT2D eigenvalue weighted by atomic mass is 19.2. The molecule has 0 atom stereocenters. The lowest BCUT2D eigenvalue weighted by molar-refractivity contribution is 0.405. The minimum Gasteiger partial charge on any atom is -0.481 e. The van der Waals surface area contributed by atoms with Gasteiger partial charge < -0.3 is 4.74 Å². The molecule has 0 bridgehead atoms. The van der Waals surface area contributed by atoms with E-state index in [1.54, 1.807) is 0 Å². The van der Waals surface area contributed by atoms with Gasteiger partial charge in [0.15, 0.2) is 11.6 Å². The van der Waals surface area contributed by atoms with Gasteiger partial charge in [-0.15, -0.1) is 0 Å². The molecule has 0 aliphatic rings. The van der Waals surface area contributed by atoms with Gasteiger partial charge in [0.2, 0.25) is 5.90 Å². The van der Waals surface area contributed by atoms with E-state index in [0.29, 0.717) is 11.5 Å². The number of nitrogens with one attached hydrogen (secondary N) is 1. The number of aryl methyl sites for hydroxylation is 1. The van der Waals surface area contributed by atoms with E-state index >= 15 is 0 Å². The summed E-state index contributed by atoms with van der Waals surface area (Å²) in [6, 6.07) is 11.1. The van der Waals surface area contributed by atoms with Crippen molar-refractivity contribution < 1.29 is 13.5 Å². The monoisotopic (exact) mass is 302 g/mol. The van der Waals surface area contributed by atoms with Crippen molar-refractivity contribution in [3.8, 4) is 0 Å². The summed E-state index contributed by atoms with van der Waals surface area (Å²) < 4.78 is 31.2. The lowest BCUT2D eigenvalue weighted by Gasteiger charge is -2.07. The summed E-state index contributed by atoms with van der Waals surface area (Å²) >= 11 is 0. The number of ether oxygens (including phenoxy) is 1. The molecule has 22 heavy (non-hydrogen) atoms. The smallest absolute Gasteiger partial charge is 0.222 e. The first-order valence-electron chi connectivity index (χ1n) is 6.70. The van der Waals surface area contributed by atoms with E-state index in [0.717, 1.165) is 23.3 Å². The summed E-state index contributed by atoms with van der Waals surface area (Å²) in [6.07, 6.45) is 0.0932. The highest BCUT2D eigenvalue weighted by molar-refractivity contribution is 6.02. The van der Waals surface area contributed by atoms with Crippen LogP contribution in [0.2, 0.25) is 0 Å². The van der Waals surface area contributed by atoms with Gasteiger partial charge in [-0.25, -0.2) is 8.78 Å². The van der Waals surface area contributed by atoms with Crippen LogP contribution in [-0.4, -0.2) is 18.8 Å². The fraction of sp³-hybridized carbons (Fsp3) is 0.176. The van der Waals surface area contributed by atoms with Crippen molar-refractivity contribution in [2.24, 2.45) is 4.99 Å². The Bertz CT molecular complexity index is 709. The first-order valence-corrected chi connectivity index (χ1v) is 6.70. The van der Waals surface area contributed by atoms with Crippen LogP contribution >= 0.6 is 0 Å². The minimum atomic E-state index is -0.931. The van der Waals surface area contributed by atoms with Crippen molar-refractivity contribution in [2.45, 2.75) is 13.3 Å². The third kappa shape index (κ3) is 3.97. The van der Waals surface area contributed by atoms with Crippen LogP contribution in [-0.2, 0) is 11.2 Å². The first kappa shape index (κ1) is 15.8. The van der Waals surface area contributed by atoms with Crippen LogP contribution in [0.5, 0.6) is 0 Å². The number of aliphatic imine (C=N–C) groups is 1. The van der Waals surface area contributed by atoms with E-state index in [1.165, 1.54) is 13.2 Å². The molecule has 1 N–H and O–H groups in total. The summed E-state index contributed by atoms with van der Waals surface area (Å²) in [5.74, 6) is -1.52. The van der Waals surface area contributed by atoms with Crippen LogP contribution < -0.4 is 0 Å². The van der Waals surface area contributed by atoms with Gasteiger partial charge in [0.25, 0.3) is 0 Å². The lowest BCUT2D eigenvalue weighted by Crippen LogP contribution is -2.09. The Hall–Kier alpha value is -2.56. The third-order valence-electron chi connectivity index (χ3n) is 3.08. The van der Waals surface area contributed by atoms with Gasteiger partial charge in [-0.05, 0) is 36.8 Å². The average Bonchev–Trinajstić information content (AvgIpc) is 2.49. The fourth-order valence-electron chi connectivity index (χ4n) is 1.93. The van der Waals surface area contributed by atoms with Crippen molar-refractivity contribution >= 4 is 11.7 Å². The van der Waals surface area contributed by atoms with Crippen LogP contribution in [0.15, 0.2) is 47.5 Å². The van der Waals surface area contributed by atoms with Crippen molar-refractivity contribution in [1.82, 2.24) is 0 Å². The maximum atomic E-state index is 13.2. The van der Waals surface area contributed by atoms with Gasteiger partial charge in [-0.2, -0.15) is 4.99 Å². The Morgan fingerprint density at radius 2 is 1.77 bits per heavy atom. The number of hydrogen-bond acceptors (Lipinski definition) is 2. The molecule has 0 aliphatic heterocycles. The molecule has 0 heterocycles. The molecule has 3 nitrogen and oxygen atoms in total. The molecule has 2 aromatic rings. The predicted molar refractivity (Wildman–Crippen MR) is 82.5 cm³/mol. The molecule has 2 rings (SSSR count). The maximum Gasteiger partial charge on any atom is 0.222 e. The van der Waals surface area contributed by atoms with E-state index in [1.807, 2.05) is 31.2 Å². The predicted octanol–water partition coefficient (Wildman–Crippen LogP) is 3.89. The van der Waals surface area contributed by atoms with Crippen LogP contribution in [0.3, 0.4) is 0 Å². The normalized spacial score (nSPS) is 11.4. The molecule has 0 fully saturated rings. The van der Waals surface area contributed by atoms with Gasteiger partial charge in [0, 0.05) is 12.0 Å². The van der Waals surface area contributed by atoms with E-state index in [-0.39, 0.29) is 12.3 Å². The molecular weight excluding hydrogens is 286 g/mol. The SMILES string of the molecule is COC(=NC(=N)Cc1ccc(F)c(F)c1)c1ccc(C)cc1. The number of amidine groups is 1. The summed E-state index contributed by atoms with van der Waals surface area (Å²) in [4.78, 5) is 4.10. The van der Waals surface area contributed by atoms with E-state index < -0.39 is 11.6 Å². The molecule has 0 unspecified atom stereocenters. The minimum absolute atomic E-state index is 0.00318. The van der Waals surface area contributed by atoms with Crippen LogP contribution in [0, 0.1) is 24.0 Å². The lowest BCUT2D eigenvalue weighted by atomic mass is 10.1. The van der Waals surface area contributed by atoms with Gasteiger partial charge in [0.1, 0.15) is 5.84 Å². The average molecular weight is 302 g/mol. The molecule has 5 heteroatoms. The van der Waals surface area contributed by atoms with Crippen molar-refractivity contribution in [3.05, 3.63) is 70.8 Å². The number of benzene rings is 2. The number of methoxy groups -OCH3 is 1. The zero-order chi connectivity index (χ0) is 16.1. The van der Waals surface area contributed by atoms with Crippen molar-refractivity contribution in [2.75, 3.05) is 7.11 Å². The summed E-state index contributed by atoms with van der Waals surface area (Å²) in [5.41, 5.74) is 2.34. The zero-order valence-electron chi connectivity index (χ0n) is 12.4. The standard InChI is InChI=1S/C17H16F2N2O/c1-11-3-6-13(7-4-11)17(22-2)21-16(20)10-12-5-8-14(18)15(19)9-12/h3-9,20H,10H2,1-2H3. The van der Waals surface area contributed by atoms with Gasteiger partial charge >= 0.3 is 0 Å². The molecular formula is C17H16F2N2O. The number of hydrogen-bond donors (Lipinski definition) is 1. The largest absolute Gasteiger partial charge is 0.481 e. The van der Waals surface area contributed by atoms with Crippen LogP contribution in [0.4, 0.5) is 8.78 Å². The third-order valence-corrected chi connectivity index (χ3v) is 3.08. The molecule has 0 radical (unpaired) electrons. The van der Waals surface area contributed by atoms with E-state index in [2.05, 4.69) is 4.99 Å². The van der Waals surface area contributed by atoms with Crippen molar-refractivity contribution in [1.29, 1.82) is 5.41 Å².